The van der Waals surface area contributed by atoms with Gasteiger partial charge in [0, 0.05) is 51.1 Å². The van der Waals surface area contributed by atoms with Crippen LogP contribution < -0.4 is 25.5 Å². The zero-order valence-corrected chi connectivity index (χ0v) is 43.6. The molecule has 14 rings (SSSR count). The molecule has 0 atom stereocenters. The molecule has 12 aromatic carbocycles. The minimum atomic E-state index is -0.213. The van der Waals surface area contributed by atoms with E-state index in [2.05, 4.69) is 320 Å². The molecule has 0 radical (unpaired) electrons. The maximum absolute atomic E-state index is 2.64. The molecule has 0 aliphatic carbocycles. The Labute approximate surface area is 458 Å². The summed E-state index contributed by atoms with van der Waals surface area (Å²) in [4.78, 5) is 7.63. The van der Waals surface area contributed by atoms with Gasteiger partial charge in [0.15, 0.2) is 0 Å². The van der Waals surface area contributed by atoms with Crippen molar-refractivity contribution in [2.24, 2.45) is 0 Å². The van der Waals surface area contributed by atoms with E-state index in [0.717, 1.165) is 34.1 Å². The Kier molecular flexibility index (Phi) is 11.8. The molecule has 0 bridgehead atoms. The Bertz CT molecular complexity index is 4060. The highest BCUT2D eigenvalue weighted by atomic mass is 15.2. The van der Waals surface area contributed by atoms with Crippen molar-refractivity contribution >= 4 is 63.3 Å². The Morgan fingerprint density at radius 1 is 0.295 bits per heavy atom. The van der Waals surface area contributed by atoms with E-state index in [4.69, 9.17) is 0 Å². The van der Waals surface area contributed by atoms with Gasteiger partial charge in [0.25, 0.3) is 0 Å². The van der Waals surface area contributed by atoms with E-state index in [0.29, 0.717) is 0 Å². The molecule has 2 aliphatic heterocycles. The fourth-order valence-corrected chi connectivity index (χ4v) is 12.1. The minimum absolute atomic E-state index is 0.213. The number of anilines is 8. The fraction of sp³-hybridized carbons (Fsp3) is 0.0270. The molecule has 12 aromatic rings. The Morgan fingerprint density at radius 3 is 1.24 bits per heavy atom. The first-order valence-corrected chi connectivity index (χ1v) is 27.0. The highest BCUT2D eigenvalue weighted by molar-refractivity contribution is 6.93. The molecular formula is C74H54BN3. The zero-order valence-electron chi connectivity index (χ0n) is 43.6. The summed E-state index contributed by atoms with van der Waals surface area (Å²) in [7, 11) is 0. The van der Waals surface area contributed by atoms with E-state index in [1.54, 1.807) is 0 Å². The van der Waals surface area contributed by atoms with Crippen LogP contribution >= 0.6 is 0 Å². The molecule has 3 nitrogen and oxygen atoms in total. The van der Waals surface area contributed by atoms with Gasteiger partial charge >= 0.3 is 6.85 Å². The van der Waals surface area contributed by atoms with Crippen LogP contribution in [-0.2, 0) is 0 Å². The third kappa shape index (κ3) is 8.36. The molecule has 0 amide bonds. The smallest absolute Gasteiger partial charge is 0.333 e. The average Bonchev–Trinajstić information content (AvgIpc) is 3.65. The van der Waals surface area contributed by atoms with Gasteiger partial charge < -0.3 is 14.6 Å². The van der Waals surface area contributed by atoms with E-state index in [9.17, 15) is 0 Å². The van der Waals surface area contributed by atoms with Gasteiger partial charge in [-0.25, -0.2) is 0 Å². The van der Waals surface area contributed by atoms with E-state index < -0.39 is 0 Å². The van der Waals surface area contributed by atoms with Crippen molar-refractivity contribution in [2.45, 2.75) is 13.8 Å². The van der Waals surface area contributed by atoms with Crippen LogP contribution in [0, 0.1) is 13.8 Å². The first-order chi connectivity index (χ1) is 38.5. The molecule has 368 valence electrons. The summed E-state index contributed by atoms with van der Waals surface area (Å²) < 4.78 is 0. The predicted molar refractivity (Wildman–Crippen MR) is 332 cm³/mol. The van der Waals surface area contributed by atoms with E-state index >= 15 is 0 Å². The largest absolute Gasteiger partial charge is 0.376 e. The summed E-state index contributed by atoms with van der Waals surface area (Å²) in [6.07, 6.45) is 0. The number of aryl methyl sites for hydroxylation is 2. The lowest BCUT2D eigenvalue weighted by molar-refractivity contribution is 1.23. The molecule has 2 aliphatic rings. The number of fused-ring (bicyclic) bond motifs is 4. The van der Waals surface area contributed by atoms with Gasteiger partial charge in [-0.15, -0.1) is 0 Å². The van der Waals surface area contributed by atoms with Gasteiger partial charge in [-0.2, -0.15) is 0 Å². The van der Waals surface area contributed by atoms with Crippen molar-refractivity contribution < 1.29 is 0 Å². The molecule has 0 N–H and O–H groups in total. The quantitative estimate of drug-likeness (QED) is 0.126. The summed E-state index contributed by atoms with van der Waals surface area (Å²) in [6, 6.07) is 107. The lowest BCUT2D eigenvalue weighted by atomic mass is 9.43. The standard InChI is InChI=1S/C74H54BN3/c1-51-45-68-67-49-62(57-27-16-7-17-28-57)36-43-71(67)78(66-30-18-29-60(48-66)55-23-12-5-13-24-55)75-69-50-65(41-44-72(69)77(73(46-51)74(68)75)70-42-35-61(47-52(70)2)56-25-14-6-15-26-56)76(63-37-31-58(32-38-63)53-19-8-3-9-20-53)64-39-33-59(34-40-64)54-21-10-4-11-22-54/h3-50H,1-2H3. The van der Waals surface area contributed by atoms with Crippen LogP contribution in [0.5, 0.6) is 0 Å². The summed E-state index contributed by atoms with van der Waals surface area (Å²) in [5, 5.41) is 0. The third-order valence-corrected chi connectivity index (χ3v) is 15.8. The maximum Gasteiger partial charge on any atom is 0.333 e. The van der Waals surface area contributed by atoms with Gasteiger partial charge in [0.2, 0.25) is 0 Å². The Balaban J connectivity index is 1.03. The average molecular weight is 996 g/mol. The van der Waals surface area contributed by atoms with Gasteiger partial charge in [-0.3, -0.25) is 0 Å². The van der Waals surface area contributed by atoms with E-state index in [1.807, 2.05) is 0 Å². The number of nitrogens with zero attached hydrogens (tertiary/aromatic N) is 3. The first kappa shape index (κ1) is 46.6. The topological polar surface area (TPSA) is 9.72 Å². The van der Waals surface area contributed by atoms with Crippen LogP contribution in [0.3, 0.4) is 0 Å². The molecule has 0 spiro atoms. The van der Waals surface area contributed by atoms with Gasteiger partial charge in [-0.1, -0.05) is 206 Å². The number of hydrogen-bond acceptors (Lipinski definition) is 3. The third-order valence-electron chi connectivity index (χ3n) is 15.8. The van der Waals surface area contributed by atoms with Crippen LogP contribution in [0.1, 0.15) is 11.1 Å². The molecule has 0 saturated carbocycles. The van der Waals surface area contributed by atoms with Crippen LogP contribution in [0.15, 0.2) is 291 Å². The molecule has 4 heteroatoms. The van der Waals surface area contributed by atoms with Crippen molar-refractivity contribution in [2.75, 3.05) is 14.6 Å². The first-order valence-electron chi connectivity index (χ1n) is 27.0. The summed E-state index contributed by atoms with van der Waals surface area (Å²) in [5.74, 6) is 0. The second-order valence-corrected chi connectivity index (χ2v) is 20.6. The van der Waals surface area contributed by atoms with E-state index in [1.165, 1.54) is 100 Å². The van der Waals surface area contributed by atoms with E-state index in [-0.39, 0.29) is 6.85 Å². The molecule has 0 saturated heterocycles. The summed E-state index contributed by atoms with van der Waals surface area (Å²) in [6.45, 7) is 4.32. The number of rotatable bonds is 10. The molecule has 0 unspecified atom stereocenters. The highest BCUT2D eigenvalue weighted by Crippen LogP contribution is 2.50. The highest BCUT2D eigenvalue weighted by Gasteiger charge is 2.46. The number of benzene rings is 12. The van der Waals surface area contributed by atoms with Crippen molar-refractivity contribution in [3.8, 4) is 66.8 Å². The molecule has 0 fully saturated rings. The summed E-state index contributed by atoms with van der Waals surface area (Å²) >= 11 is 0. The lowest BCUT2D eigenvalue weighted by Gasteiger charge is -2.46. The van der Waals surface area contributed by atoms with Crippen LogP contribution in [0.2, 0.25) is 0 Å². The van der Waals surface area contributed by atoms with Crippen LogP contribution in [-0.4, -0.2) is 6.85 Å². The van der Waals surface area contributed by atoms with Crippen molar-refractivity contribution in [3.63, 3.8) is 0 Å². The molecule has 2 heterocycles. The van der Waals surface area contributed by atoms with Crippen molar-refractivity contribution in [1.82, 2.24) is 0 Å². The molecule has 0 aromatic heterocycles. The van der Waals surface area contributed by atoms with Crippen molar-refractivity contribution in [1.29, 1.82) is 0 Å². The van der Waals surface area contributed by atoms with Crippen molar-refractivity contribution in [3.05, 3.63) is 302 Å². The number of hydrogen-bond donors (Lipinski definition) is 0. The van der Waals surface area contributed by atoms with Gasteiger partial charge in [0.05, 0.1) is 0 Å². The lowest BCUT2D eigenvalue weighted by Crippen LogP contribution is -2.61. The minimum Gasteiger partial charge on any atom is -0.376 e. The SMILES string of the molecule is Cc1cc2c3c(c1)N(c1ccc(-c4ccccc4)cc1C)c1ccc(N(c4ccc(-c5ccccc5)cc4)c4ccc(-c5ccccc5)cc4)cc1B3N(c1cccc(-c3ccccc3)c1)c1ccc(-c3ccccc3)cc1-2. The van der Waals surface area contributed by atoms with Crippen LogP contribution in [0.4, 0.5) is 45.5 Å². The Hall–Kier alpha value is -9.90. The Morgan fingerprint density at radius 2 is 0.718 bits per heavy atom. The fourth-order valence-electron chi connectivity index (χ4n) is 12.1. The normalized spacial score (nSPS) is 12.2. The maximum atomic E-state index is 2.64. The molecular weight excluding hydrogens is 942 g/mol. The zero-order chi connectivity index (χ0) is 52.1. The van der Waals surface area contributed by atoms with Gasteiger partial charge in [-0.05, 0) is 182 Å². The van der Waals surface area contributed by atoms with Crippen LogP contribution in [0.25, 0.3) is 66.8 Å². The summed E-state index contributed by atoms with van der Waals surface area (Å²) in [5.41, 5.74) is 28.3. The second-order valence-electron chi connectivity index (χ2n) is 20.6. The predicted octanol–water partition coefficient (Wildman–Crippen LogP) is 18.8. The van der Waals surface area contributed by atoms with Gasteiger partial charge in [0.1, 0.15) is 0 Å². The second kappa shape index (κ2) is 19.7. The molecule has 78 heavy (non-hydrogen) atoms. The monoisotopic (exact) mass is 995 g/mol.